The Morgan fingerprint density at radius 2 is 2.21 bits per heavy atom. The maximum absolute atomic E-state index is 12.3. The summed E-state index contributed by atoms with van der Waals surface area (Å²) in [6.07, 6.45) is 1.74. The summed E-state index contributed by atoms with van der Waals surface area (Å²) in [5.41, 5.74) is 1.36. The van der Waals surface area contributed by atoms with Gasteiger partial charge in [0, 0.05) is 24.7 Å². The molecule has 0 spiro atoms. The van der Waals surface area contributed by atoms with Crippen molar-refractivity contribution >= 4 is 6.09 Å². The second-order valence-corrected chi connectivity index (χ2v) is 7.38. The van der Waals surface area contributed by atoms with Crippen LogP contribution >= 0.6 is 0 Å². The number of likely N-dealkylation sites (tertiary alicyclic amines) is 1. The van der Waals surface area contributed by atoms with Gasteiger partial charge in [-0.05, 0) is 58.7 Å². The van der Waals surface area contributed by atoms with Crippen LogP contribution in [0.1, 0.15) is 51.0 Å². The second kappa shape index (κ2) is 6.34. The van der Waals surface area contributed by atoms with Crippen LogP contribution in [0.4, 0.5) is 4.79 Å². The van der Waals surface area contributed by atoms with E-state index in [1.165, 1.54) is 0 Å². The molecule has 6 nitrogen and oxygen atoms in total. The zero-order valence-corrected chi connectivity index (χ0v) is 14.8. The number of piperidine rings is 1. The number of nitrogens with zero attached hydrogens (tertiary/aromatic N) is 2. The lowest BCUT2D eigenvalue weighted by Crippen LogP contribution is -2.42. The van der Waals surface area contributed by atoms with Gasteiger partial charge in [-0.1, -0.05) is 0 Å². The quantitative estimate of drug-likeness (QED) is 0.899. The van der Waals surface area contributed by atoms with Crippen molar-refractivity contribution in [2.45, 2.75) is 52.1 Å². The number of aryl methyl sites for hydroxylation is 1. The Morgan fingerprint density at radius 1 is 1.42 bits per heavy atom. The standard InChI is InChI=1S/C18H25N3O3/c1-12-7-8-16(23-12)15-10-14(19-20-15)13-6-5-9-21(11-13)17(22)24-18(2,3)4/h7-8,10,13H,5-6,9,11H2,1-4H3,(H,19,20)/t13-/m0/s1. The number of ether oxygens (including phenoxy) is 1. The molecule has 1 aliphatic heterocycles. The summed E-state index contributed by atoms with van der Waals surface area (Å²) in [5.74, 6) is 1.86. The van der Waals surface area contributed by atoms with Crippen molar-refractivity contribution in [3.63, 3.8) is 0 Å². The van der Waals surface area contributed by atoms with Crippen LogP contribution < -0.4 is 0 Å². The van der Waals surface area contributed by atoms with E-state index in [1.54, 1.807) is 4.90 Å². The van der Waals surface area contributed by atoms with Gasteiger partial charge in [0.1, 0.15) is 17.1 Å². The summed E-state index contributed by atoms with van der Waals surface area (Å²) in [7, 11) is 0. The third-order valence-corrected chi connectivity index (χ3v) is 4.10. The Kier molecular flexibility index (Phi) is 4.39. The topological polar surface area (TPSA) is 71.4 Å². The van der Waals surface area contributed by atoms with E-state index < -0.39 is 5.60 Å². The molecule has 0 bridgehead atoms. The molecule has 0 saturated carbocycles. The number of carbonyl (C=O) groups excluding carboxylic acids is 1. The average molecular weight is 331 g/mol. The van der Waals surface area contributed by atoms with Crippen LogP contribution in [-0.4, -0.2) is 39.9 Å². The molecule has 2 aromatic rings. The highest BCUT2D eigenvalue weighted by atomic mass is 16.6. The van der Waals surface area contributed by atoms with Crippen molar-refractivity contribution in [2.24, 2.45) is 0 Å². The first kappa shape index (κ1) is 16.6. The number of hydrogen-bond acceptors (Lipinski definition) is 4. The molecule has 1 amide bonds. The Hall–Kier alpha value is -2.24. The van der Waals surface area contributed by atoms with Gasteiger partial charge in [0.2, 0.25) is 0 Å². The minimum Gasteiger partial charge on any atom is -0.460 e. The van der Waals surface area contributed by atoms with Gasteiger partial charge >= 0.3 is 6.09 Å². The smallest absolute Gasteiger partial charge is 0.410 e. The van der Waals surface area contributed by atoms with E-state index in [-0.39, 0.29) is 12.0 Å². The van der Waals surface area contributed by atoms with Crippen molar-refractivity contribution in [3.05, 3.63) is 29.7 Å². The normalized spacial score (nSPS) is 18.7. The van der Waals surface area contributed by atoms with Gasteiger partial charge in [0.05, 0.1) is 0 Å². The number of carbonyl (C=O) groups is 1. The van der Waals surface area contributed by atoms with E-state index in [0.717, 1.165) is 42.3 Å². The first-order valence-electron chi connectivity index (χ1n) is 8.42. The lowest BCUT2D eigenvalue weighted by atomic mass is 9.95. The SMILES string of the molecule is Cc1ccc(-c2cc([C@H]3CCCN(C(=O)OC(C)(C)C)C3)[nH]n2)o1. The van der Waals surface area contributed by atoms with E-state index in [4.69, 9.17) is 9.15 Å². The molecular weight excluding hydrogens is 306 g/mol. The molecule has 0 radical (unpaired) electrons. The van der Waals surface area contributed by atoms with Crippen LogP contribution in [0.15, 0.2) is 22.6 Å². The average Bonchev–Trinajstić information content (AvgIpc) is 3.14. The molecule has 0 aromatic carbocycles. The Balaban J connectivity index is 1.69. The van der Waals surface area contributed by atoms with Crippen molar-refractivity contribution in [3.8, 4) is 11.5 Å². The zero-order valence-electron chi connectivity index (χ0n) is 14.8. The van der Waals surface area contributed by atoms with Gasteiger partial charge in [-0.3, -0.25) is 5.10 Å². The maximum atomic E-state index is 12.3. The summed E-state index contributed by atoms with van der Waals surface area (Å²) >= 11 is 0. The number of aromatic amines is 1. The first-order valence-corrected chi connectivity index (χ1v) is 8.42. The number of rotatable bonds is 2. The van der Waals surface area contributed by atoms with Gasteiger partial charge in [-0.2, -0.15) is 5.10 Å². The molecule has 2 aromatic heterocycles. The number of nitrogens with one attached hydrogen (secondary N) is 1. The predicted molar refractivity (Wildman–Crippen MR) is 90.8 cm³/mol. The summed E-state index contributed by atoms with van der Waals surface area (Å²) in [5, 5.41) is 7.45. The molecule has 1 N–H and O–H groups in total. The second-order valence-electron chi connectivity index (χ2n) is 7.38. The van der Waals surface area contributed by atoms with Crippen molar-refractivity contribution in [2.75, 3.05) is 13.1 Å². The molecule has 1 saturated heterocycles. The van der Waals surface area contributed by atoms with E-state index in [2.05, 4.69) is 10.2 Å². The third kappa shape index (κ3) is 3.80. The minimum absolute atomic E-state index is 0.239. The minimum atomic E-state index is -0.470. The first-order chi connectivity index (χ1) is 11.3. The largest absolute Gasteiger partial charge is 0.460 e. The number of aromatic nitrogens is 2. The summed E-state index contributed by atoms with van der Waals surface area (Å²) in [6.45, 7) is 8.96. The fourth-order valence-corrected chi connectivity index (χ4v) is 2.97. The number of furan rings is 1. The predicted octanol–water partition coefficient (Wildman–Crippen LogP) is 4.09. The van der Waals surface area contributed by atoms with Crippen LogP contribution in [0, 0.1) is 6.92 Å². The van der Waals surface area contributed by atoms with Gasteiger partial charge < -0.3 is 14.1 Å². The highest BCUT2D eigenvalue weighted by molar-refractivity contribution is 5.68. The molecule has 1 fully saturated rings. The van der Waals surface area contributed by atoms with Gasteiger partial charge in [0.25, 0.3) is 0 Å². The maximum Gasteiger partial charge on any atom is 0.410 e. The molecule has 24 heavy (non-hydrogen) atoms. The summed E-state index contributed by atoms with van der Waals surface area (Å²) in [6, 6.07) is 5.86. The molecule has 0 unspecified atom stereocenters. The molecule has 3 rings (SSSR count). The highest BCUT2D eigenvalue weighted by Gasteiger charge is 2.29. The van der Waals surface area contributed by atoms with Crippen LogP contribution in [0.2, 0.25) is 0 Å². The van der Waals surface area contributed by atoms with Crippen LogP contribution in [0.25, 0.3) is 11.5 Å². The highest BCUT2D eigenvalue weighted by Crippen LogP contribution is 2.29. The van der Waals surface area contributed by atoms with Crippen LogP contribution in [-0.2, 0) is 4.74 Å². The molecule has 3 heterocycles. The molecule has 130 valence electrons. The number of hydrogen-bond donors (Lipinski definition) is 1. The molecule has 1 atom stereocenters. The van der Waals surface area contributed by atoms with E-state index in [9.17, 15) is 4.79 Å². The number of amides is 1. The van der Waals surface area contributed by atoms with Crippen molar-refractivity contribution < 1.29 is 13.9 Å². The van der Waals surface area contributed by atoms with Gasteiger partial charge in [-0.15, -0.1) is 0 Å². The van der Waals surface area contributed by atoms with E-state index in [0.29, 0.717) is 6.54 Å². The van der Waals surface area contributed by atoms with Gasteiger partial charge in [0.15, 0.2) is 5.76 Å². The van der Waals surface area contributed by atoms with E-state index >= 15 is 0 Å². The molecule has 6 heteroatoms. The summed E-state index contributed by atoms with van der Waals surface area (Å²) < 4.78 is 11.1. The number of H-pyrrole nitrogens is 1. The lowest BCUT2D eigenvalue weighted by Gasteiger charge is -2.33. The molecule has 1 aliphatic rings. The molecular formula is C18H25N3O3. The lowest BCUT2D eigenvalue weighted by molar-refractivity contribution is 0.0197. The third-order valence-electron chi connectivity index (χ3n) is 4.10. The Bertz CT molecular complexity index is 711. The zero-order chi connectivity index (χ0) is 17.3. The fraction of sp³-hybridized carbons (Fsp3) is 0.556. The van der Waals surface area contributed by atoms with Crippen molar-refractivity contribution in [1.82, 2.24) is 15.1 Å². The Labute approximate surface area is 142 Å². The summed E-state index contributed by atoms with van der Waals surface area (Å²) in [4.78, 5) is 14.1. The van der Waals surface area contributed by atoms with Crippen LogP contribution in [0.5, 0.6) is 0 Å². The van der Waals surface area contributed by atoms with Gasteiger partial charge in [-0.25, -0.2) is 4.79 Å². The monoisotopic (exact) mass is 331 g/mol. The molecule has 0 aliphatic carbocycles. The van der Waals surface area contributed by atoms with E-state index in [1.807, 2.05) is 45.9 Å². The Morgan fingerprint density at radius 3 is 2.88 bits per heavy atom. The fourth-order valence-electron chi connectivity index (χ4n) is 2.97. The van der Waals surface area contributed by atoms with Crippen molar-refractivity contribution in [1.29, 1.82) is 0 Å². The van der Waals surface area contributed by atoms with Crippen LogP contribution in [0.3, 0.4) is 0 Å².